The SMILES string of the molecule is Cc1cn(C(=O)CN(CCN)CC(=O)O)c(=O)[nH]c1=O. The molecule has 1 rings (SSSR count). The summed E-state index contributed by atoms with van der Waals surface area (Å²) in [5.41, 5.74) is 4.12. The van der Waals surface area contributed by atoms with Crippen LogP contribution in [0, 0.1) is 6.92 Å². The average molecular weight is 284 g/mol. The van der Waals surface area contributed by atoms with Crippen LogP contribution in [0.3, 0.4) is 0 Å². The van der Waals surface area contributed by atoms with Crippen molar-refractivity contribution in [2.45, 2.75) is 6.92 Å². The number of nitrogens with two attached hydrogens (primary N) is 1. The molecule has 0 unspecified atom stereocenters. The van der Waals surface area contributed by atoms with Gasteiger partial charge in [-0.2, -0.15) is 0 Å². The van der Waals surface area contributed by atoms with Crippen molar-refractivity contribution in [2.24, 2.45) is 5.73 Å². The predicted molar refractivity (Wildman–Crippen MR) is 69.8 cm³/mol. The van der Waals surface area contributed by atoms with Gasteiger partial charge < -0.3 is 10.8 Å². The van der Waals surface area contributed by atoms with Gasteiger partial charge in [0.05, 0.1) is 13.1 Å². The van der Waals surface area contributed by atoms with Gasteiger partial charge in [-0.05, 0) is 6.92 Å². The second kappa shape index (κ2) is 6.78. The number of nitrogens with one attached hydrogen (secondary N) is 1. The fraction of sp³-hybridized carbons (Fsp3) is 0.455. The Morgan fingerprint density at radius 1 is 1.40 bits per heavy atom. The lowest BCUT2D eigenvalue weighted by Gasteiger charge is -2.18. The van der Waals surface area contributed by atoms with Crippen LogP contribution in [-0.2, 0) is 4.79 Å². The Hall–Kier alpha value is -2.26. The minimum absolute atomic E-state index is 0.181. The molecule has 0 saturated heterocycles. The Morgan fingerprint density at radius 2 is 2.05 bits per heavy atom. The number of hydrogen-bond acceptors (Lipinski definition) is 6. The minimum Gasteiger partial charge on any atom is -0.480 e. The van der Waals surface area contributed by atoms with Crippen LogP contribution in [0.15, 0.2) is 15.8 Å². The van der Waals surface area contributed by atoms with Crippen molar-refractivity contribution in [2.75, 3.05) is 26.2 Å². The maximum absolute atomic E-state index is 12.0. The Kier molecular flexibility index (Phi) is 5.35. The summed E-state index contributed by atoms with van der Waals surface area (Å²) in [4.78, 5) is 48.7. The molecule has 0 spiro atoms. The zero-order valence-electron chi connectivity index (χ0n) is 11.0. The number of aromatic nitrogens is 2. The van der Waals surface area contributed by atoms with Gasteiger partial charge in [0.15, 0.2) is 0 Å². The number of carboxylic acid groups (broad SMARTS) is 1. The summed E-state index contributed by atoms with van der Waals surface area (Å²) >= 11 is 0. The number of rotatable bonds is 6. The van der Waals surface area contributed by atoms with E-state index in [2.05, 4.69) is 0 Å². The first-order valence-electron chi connectivity index (χ1n) is 5.85. The van der Waals surface area contributed by atoms with Gasteiger partial charge in [-0.1, -0.05) is 0 Å². The molecule has 1 heterocycles. The molecular weight excluding hydrogens is 268 g/mol. The molecule has 0 aliphatic heterocycles. The van der Waals surface area contributed by atoms with Gasteiger partial charge in [0.2, 0.25) is 5.91 Å². The van der Waals surface area contributed by atoms with Crippen LogP contribution < -0.4 is 17.0 Å². The number of aliphatic carboxylic acids is 1. The molecule has 0 saturated carbocycles. The maximum Gasteiger partial charge on any atom is 0.335 e. The highest BCUT2D eigenvalue weighted by atomic mass is 16.4. The summed E-state index contributed by atoms with van der Waals surface area (Å²) in [7, 11) is 0. The first-order valence-corrected chi connectivity index (χ1v) is 5.85. The van der Waals surface area contributed by atoms with E-state index in [-0.39, 0.29) is 31.7 Å². The van der Waals surface area contributed by atoms with E-state index in [1.807, 2.05) is 4.98 Å². The van der Waals surface area contributed by atoms with Crippen LogP contribution in [-0.4, -0.2) is 57.6 Å². The van der Waals surface area contributed by atoms with Gasteiger partial charge in [-0.3, -0.25) is 24.3 Å². The van der Waals surface area contributed by atoms with Gasteiger partial charge in [0.1, 0.15) is 0 Å². The molecule has 1 aromatic rings. The molecule has 1 aromatic heterocycles. The van der Waals surface area contributed by atoms with Crippen LogP contribution >= 0.6 is 0 Å². The lowest BCUT2D eigenvalue weighted by molar-refractivity contribution is -0.138. The molecule has 0 aromatic carbocycles. The lowest BCUT2D eigenvalue weighted by atomic mass is 10.3. The first kappa shape index (κ1) is 15.8. The highest BCUT2D eigenvalue weighted by Gasteiger charge is 2.16. The zero-order valence-corrected chi connectivity index (χ0v) is 11.0. The molecule has 0 aliphatic rings. The molecule has 4 N–H and O–H groups in total. The number of carboxylic acids is 1. The lowest BCUT2D eigenvalue weighted by Crippen LogP contribution is -2.43. The van der Waals surface area contributed by atoms with E-state index in [9.17, 15) is 19.2 Å². The number of hydrogen-bond donors (Lipinski definition) is 3. The van der Waals surface area contributed by atoms with E-state index < -0.39 is 23.1 Å². The number of aromatic amines is 1. The molecule has 0 radical (unpaired) electrons. The summed E-state index contributed by atoms with van der Waals surface area (Å²) in [5, 5.41) is 8.72. The van der Waals surface area contributed by atoms with E-state index in [0.29, 0.717) is 0 Å². The number of carbonyl (C=O) groups excluding carboxylic acids is 1. The molecule has 0 fully saturated rings. The summed E-state index contributed by atoms with van der Waals surface area (Å²) in [5.74, 6) is -1.74. The summed E-state index contributed by atoms with van der Waals surface area (Å²) in [6, 6.07) is 0. The normalized spacial score (nSPS) is 10.8. The monoisotopic (exact) mass is 284 g/mol. The van der Waals surface area contributed by atoms with Crippen LogP contribution in [0.25, 0.3) is 0 Å². The van der Waals surface area contributed by atoms with Crippen molar-refractivity contribution in [3.8, 4) is 0 Å². The fourth-order valence-corrected chi connectivity index (χ4v) is 1.61. The topological polar surface area (TPSA) is 138 Å². The van der Waals surface area contributed by atoms with E-state index in [4.69, 9.17) is 10.8 Å². The van der Waals surface area contributed by atoms with Crippen LogP contribution in [0.4, 0.5) is 0 Å². The molecule has 20 heavy (non-hydrogen) atoms. The summed E-state index contributed by atoms with van der Waals surface area (Å²) < 4.78 is 0.752. The Labute approximate surface area is 113 Å². The van der Waals surface area contributed by atoms with Gasteiger partial charge in [0.25, 0.3) is 5.56 Å². The molecule has 0 aliphatic carbocycles. The van der Waals surface area contributed by atoms with Gasteiger partial charge in [-0.15, -0.1) is 0 Å². The minimum atomic E-state index is -1.10. The van der Waals surface area contributed by atoms with Crippen molar-refractivity contribution >= 4 is 11.9 Å². The van der Waals surface area contributed by atoms with Crippen LogP contribution in [0.1, 0.15) is 10.4 Å². The Balaban J connectivity index is 2.94. The molecule has 9 heteroatoms. The quantitative estimate of drug-likeness (QED) is 0.540. The smallest absolute Gasteiger partial charge is 0.335 e. The third-order valence-electron chi connectivity index (χ3n) is 2.55. The van der Waals surface area contributed by atoms with Crippen LogP contribution in [0.5, 0.6) is 0 Å². The molecule has 0 amide bonds. The number of carbonyl (C=O) groups is 2. The van der Waals surface area contributed by atoms with Crippen molar-refractivity contribution in [3.05, 3.63) is 32.6 Å². The van der Waals surface area contributed by atoms with E-state index in [0.717, 1.165) is 10.8 Å². The molecule has 9 nitrogen and oxygen atoms in total. The number of nitrogens with zero attached hydrogens (tertiary/aromatic N) is 2. The van der Waals surface area contributed by atoms with E-state index >= 15 is 0 Å². The zero-order chi connectivity index (χ0) is 15.3. The highest BCUT2D eigenvalue weighted by Crippen LogP contribution is 1.91. The number of H-pyrrole nitrogens is 1. The van der Waals surface area contributed by atoms with E-state index in [1.54, 1.807) is 0 Å². The van der Waals surface area contributed by atoms with Gasteiger partial charge in [-0.25, -0.2) is 9.36 Å². The molecule has 0 atom stereocenters. The van der Waals surface area contributed by atoms with Crippen molar-refractivity contribution < 1.29 is 14.7 Å². The predicted octanol–water partition coefficient (Wildman–Crippen LogP) is -2.17. The third-order valence-corrected chi connectivity index (χ3v) is 2.55. The summed E-state index contributed by atoms with van der Waals surface area (Å²) in [6.07, 6.45) is 1.13. The van der Waals surface area contributed by atoms with Crippen molar-refractivity contribution in [3.63, 3.8) is 0 Å². The Morgan fingerprint density at radius 3 is 2.60 bits per heavy atom. The average Bonchev–Trinajstić information content (AvgIpc) is 2.33. The second-order valence-electron chi connectivity index (χ2n) is 4.23. The maximum atomic E-state index is 12.0. The third kappa shape index (κ3) is 4.14. The molecular formula is C11H16N4O5. The second-order valence-corrected chi connectivity index (χ2v) is 4.23. The molecule has 110 valence electrons. The molecule has 0 bridgehead atoms. The van der Waals surface area contributed by atoms with Crippen molar-refractivity contribution in [1.29, 1.82) is 0 Å². The van der Waals surface area contributed by atoms with Crippen LogP contribution in [0.2, 0.25) is 0 Å². The van der Waals surface area contributed by atoms with Gasteiger partial charge >= 0.3 is 11.7 Å². The standard InChI is InChI=1S/C11H16N4O5/c1-7-4-15(11(20)13-10(7)19)8(16)5-14(3-2-12)6-9(17)18/h4H,2-3,5-6,12H2,1H3,(H,17,18)(H,13,19,20). The van der Waals surface area contributed by atoms with E-state index in [1.165, 1.54) is 11.8 Å². The van der Waals surface area contributed by atoms with Gasteiger partial charge in [0, 0.05) is 24.8 Å². The fourth-order valence-electron chi connectivity index (χ4n) is 1.61. The Bertz CT molecular complexity index is 618. The summed E-state index contributed by atoms with van der Waals surface area (Å²) in [6.45, 7) is 1.20. The van der Waals surface area contributed by atoms with Crippen molar-refractivity contribution in [1.82, 2.24) is 14.5 Å². The largest absolute Gasteiger partial charge is 0.480 e. The highest BCUT2D eigenvalue weighted by molar-refractivity contribution is 5.81. The first-order chi connectivity index (χ1) is 9.35. The number of aryl methyl sites for hydroxylation is 1.